The number of aliphatic imine (C=N–C) groups is 1. The van der Waals surface area contributed by atoms with Gasteiger partial charge in [0, 0.05) is 42.8 Å². The van der Waals surface area contributed by atoms with Crippen LogP contribution in [-0.2, 0) is 6.42 Å². The van der Waals surface area contributed by atoms with Crippen LogP contribution >= 0.6 is 0 Å². The van der Waals surface area contributed by atoms with Gasteiger partial charge in [-0.05, 0) is 43.7 Å². The third-order valence-corrected chi connectivity index (χ3v) is 6.06. The standard InChI is InChI=1S/C24H26N6O/c1-17-14-21(31)30-22(20-8-5-11-25-16-20)27-23(28-24(30)26-17)29-12-9-19(10-13-29)15-18-6-3-2-4-7-18/h2-8,11,14,16,19,22H,9-10,12-13,15H2,1H3,(H,26,27,28). The van der Waals surface area contributed by atoms with E-state index in [9.17, 15) is 4.79 Å². The highest BCUT2D eigenvalue weighted by Gasteiger charge is 2.29. The fourth-order valence-corrected chi connectivity index (χ4v) is 4.45. The van der Waals surface area contributed by atoms with Gasteiger partial charge < -0.3 is 4.90 Å². The van der Waals surface area contributed by atoms with Crippen molar-refractivity contribution in [1.82, 2.24) is 19.4 Å². The van der Waals surface area contributed by atoms with Gasteiger partial charge in [0.1, 0.15) is 0 Å². The van der Waals surface area contributed by atoms with E-state index >= 15 is 0 Å². The molecule has 1 saturated heterocycles. The van der Waals surface area contributed by atoms with E-state index in [-0.39, 0.29) is 5.56 Å². The molecule has 31 heavy (non-hydrogen) atoms. The molecule has 3 aromatic rings. The van der Waals surface area contributed by atoms with Gasteiger partial charge in [-0.25, -0.2) is 9.98 Å². The number of likely N-dealkylation sites (tertiary alicyclic amines) is 1. The lowest BCUT2D eigenvalue weighted by atomic mass is 9.90. The number of piperidine rings is 1. The van der Waals surface area contributed by atoms with Gasteiger partial charge in [-0.15, -0.1) is 0 Å². The topological polar surface area (TPSA) is 75.4 Å². The molecule has 2 aliphatic rings. The fourth-order valence-electron chi connectivity index (χ4n) is 4.45. The summed E-state index contributed by atoms with van der Waals surface area (Å²) in [6.07, 6.45) is 6.36. The number of aryl methyl sites for hydroxylation is 1. The molecule has 0 amide bonds. The first-order valence-electron chi connectivity index (χ1n) is 10.8. The quantitative estimate of drug-likeness (QED) is 0.712. The van der Waals surface area contributed by atoms with Crippen molar-refractivity contribution >= 4 is 11.9 Å². The SMILES string of the molecule is Cc1cc(=O)n2c(n1)NC(N1CCC(Cc3ccccc3)CC1)=NC2c1cccnc1. The summed E-state index contributed by atoms with van der Waals surface area (Å²) >= 11 is 0. The molecule has 1 N–H and O–H groups in total. The number of aromatic nitrogens is 3. The van der Waals surface area contributed by atoms with Gasteiger partial charge in [-0.1, -0.05) is 36.4 Å². The molecule has 1 unspecified atom stereocenters. The minimum absolute atomic E-state index is 0.117. The third kappa shape index (κ3) is 4.08. The smallest absolute Gasteiger partial charge is 0.257 e. The summed E-state index contributed by atoms with van der Waals surface area (Å²) in [6.45, 7) is 3.70. The predicted molar refractivity (Wildman–Crippen MR) is 121 cm³/mol. The van der Waals surface area contributed by atoms with Crippen molar-refractivity contribution in [3.63, 3.8) is 0 Å². The molecule has 1 atom stereocenters. The average Bonchev–Trinajstić information content (AvgIpc) is 2.80. The van der Waals surface area contributed by atoms with E-state index in [0.717, 1.165) is 43.9 Å². The number of hydrogen-bond acceptors (Lipinski definition) is 6. The van der Waals surface area contributed by atoms with Crippen LogP contribution in [0.4, 0.5) is 5.95 Å². The molecular weight excluding hydrogens is 388 g/mol. The van der Waals surface area contributed by atoms with Crippen molar-refractivity contribution in [2.45, 2.75) is 32.4 Å². The van der Waals surface area contributed by atoms with Crippen LogP contribution < -0.4 is 10.9 Å². The normalized spacial score (nSPS) is 18.8. The predicted octanol–water partition coefficient (Wildman–Crippen LogP) is 3.23. The number of benzene rings is 1. The Morgan fingerprint density at radius 1 is 1.10 bits per heavy atom. The van der Waals surface area contributed by atoms with E-state index < -0.39 is 6.17 Å². The largest absolute Gasteiger partial charge is 0.343 e. The van der Waals surface area contributed by atoms with Crippen molar-refractivity contribution in [1.29, 1.82) is 0 Å². The van der Waals surface area contributed by atoms with E-state index in [1.54, 1.807) is 23.0 Å². The summed E-state index contributed by atoms with van der Waals surface area (Å²) in [4.78, 5) is 28.8. The number of nitrogens with zero attached hydrogens (tertiary/aromatic N) is 5. The molecule has 0 bridgehead atoms. The number of rotatable bonds is 3. The Kier molecular flexibility index (Phi) is 5.24. The lowest BCUT2D eigenvalue weighted by Crippen LogP contribution is -2.46. The van der Waals surface area contributed by atoms with Gasteiger partial charge in [-0.2, -0.15) is 0 Å². The average molecular weight is 415 g/mol. The second-order valence-electron chi connectivity index (χ2n) is 8.29. The van der Waals surface area contributed by atoms with Gasteiger partial charge in [-0.3, -0.25) is 19.7 Å². The molecule has 1 aromatic carbocycles. The molecule has 5 rings (SSSR count). The van der Waals surface area contributed by atoms with Gasteiger partial charge in [0.05, 0.1) is 0 Å². The summed E-state index contributed by atoms with van der Waals surface area (Å²) in [5.41, 5.74) is 2.85. The maximum Gasteiger partial charge on any atom is 0.257 e. The zero-order valence-electron chi connectivity index (χ0n) is 17.6. The van der Waals surface area contributed by atoms with Crippen LogP contribution in [0.15, 0.2) is 70.7 Å². The molecule has 0 radical (unpaired) electrons. The number of fused-ring (bicyclic) bond motifs is 1. The number of nitrogens with one attached hydrogen (secondary N) is 1. The Labute approximate surface area is 181 Å². The second kappa shape index (κ2) is 8.34. The highest BCUT2D eigenvalue weighted by Crippen LogP contribution is 2.28. The van der Waals surface area contributed by atoms with Gasteiger partial charge in [0.25, 0.3) is 5.56 Å². The van der Waals surface area contributed by atoms with Crippen LogP contribution in [0, 0.1) is 12.8 Å². The molecule has 2 aromatic heterocycles. The maximum absolute atomic E-state index is 12.7. The van der Waals surface area contributed by atoms with Crippen LogP contribution in [-0.4, -0.2) is 38.5 Å². The highest BCUT2D eigenvalue weighted by molar-refractivity contribution is 5.93. The van der Waals surface area contributed by atoms with E-state index in [1.165, 1.54) is 5.56 Å². The van der Waals surface area contributed by atoms with Gasteiger partial charge in [0.2, 0.25) is 11.9 Å². The van der Waals surface area contributed by atoms with Crippen molar-refractivity contribution in [2.24, 2.45) is 10.9 Å². The summed E-state index contributed by atoms with van der Waals surface area (Å²) in [5.74, 6) is 1.99. The van der Waals surface area contributed by atoms with E-state index in [4.69, 9.17) is 4.99 Å². The van der Waals surface area contributed by atoms with Gasteiger partial charge >= 0.3 is 0 Å². The molecule has 0 aliphatic carbocycles. The lowest BCUT2D eigenvalue weighted by Gasteiger charge is -2.37. The summed E-state index contributed by atoms with van der Waals surface area (Å²) in [6, 6.07) is 16.1. The minimum atomic E-state index is -0.470. The number of anilines is 1. The van der Waals surface area contributed by atoms with Crippen LogP contribution in [0.25, 0.3) is 0 Å². The fraction of sp³-hybridized carbons (Fsp3) is 0.333. The van der Waals surface area contributed by atoms with E-state index in [0.29, 0.717) is 17.6 Å². The molecule has 2 aliphatic heterocycles. The summed E-state index contributed by atoms with van der Waals surface area (Å²) in [7, 11) is 0. The molecule has 7 nitrogen and oxygen atoms in total. The van der Waals surface area contributed by atoms with Crippen molar-refractivity contribution in [3.8, 4) is 0 Å². The van der Waals surface area contributed by atoms with Crippen LogP contribution in [0.5, 0.6) is 0 Å². The second-order valence-corrected chi connectivity index (χ2v) is 8.29. The van der Waals surface area contributed by atoms with E-state index in [2.05, 4.69) is 50.5 Å². The highest BCUT2D eigenvalue weighted by atomic mass is 16.1. The van der Waals surface area contributed by atoms with Crippen molar-refractivity contribution in [2.75, 3.05) is 18.4 Å². The van der Waals surface area contributed by atoms with Crippen molar-refractivity contribution in [3.05, 3.63) is 88.1 Å². The minimum Gasteiger partial charge on any atom is -0.343 e. The number of hydrogen-bond donors (Lipinski definition) is 1. The zero-order valence-corrected chi connectivity index (χ0v) is 17.6. The number of guanidine groups is 1. The van der Waals surface area contributed by atoms with Crippen molar-refractivity contribution < 1.29 is 0 Å². The molecule has 7 heteroatoms. The maximum atomic E-state index is 12.7. The monoisotopic (exact) mass is 414 g/mol. The summed E-state index contributed by atoms with van der Waals surface area (Å²) < 4.78 is 1.61. The molecule has 0 saturated carbocycles. The molecule has 1 fully saturated rings. The van der Waals surface area contributed by atoms with E-state index in [1.807, 2.05) is 19.1 Å². The van der Waals surface area contributed by atoms with Crippen LogP contribution in [0.2, 0.25) is 0 Å². The van der Waals surface area contributed by atoms with Gasteiger partial charge in [0.15, 0.2) is 6.17 Å². The Morgan fingerprint density at radius 3 is 2.65 bits per heavy atom. The third-order valence-electron chi connectivity index (χ3n) is 6.06. The first-order chi connectivity index (χ1) is 15.2. The molecule has 4 heterocycles. The van der Waals surface area contributed by atoms with Crippen LogP contribution in [0.1, 0.15) is 35.8 Å². The number of pyridine rings is 1. The Hall–Kier alpha value is -3.48. The lowest BCUT2D eigenvalue weighted by molar-refractivity contribution is 0.262. The van der Waals surface area contributed by atoms with Crippen LogP contribution in [0.3, 0.4) is 0 Å². The molecular formula is C24H26N6O. The Bertz CT molecular complexity index is 1130. The first kappa shape index (κ1) is 19.5. The zero-order chi connectivity index (χ0) is 21.2. The molecule has 0 spiro atoms. The molecule has 158 valence electrons. The first-order valence-corrected chi connectivity index (χ1v) is 10.8. The Balaban J connectivity index is 1.38. The Morgan fingerprint density at radius 2 is 1.90 bits per heavy atom. The summed E-state index contributed by atoms with van der Waals surface area (Å²) in [5, 5.41) is 3.32.